The molecule has 6 nitrogen and oxygen atoms in total. The highest BCUT2D eigenvalue weighted by atomic mass is 15.6. The van der Waals surface area contributed by atoms with Crippen LogP contribution in [0.5, 0.6) is 0 Å². The fraction of sp³-hybridized carbons (Fsp3) is 0.526. The zero-order chi connectivity index (χ0) is 17.2. The summed E-state index contributed by atoms with van der Waals surface area (Å²) in [6.45, 7) is 9.46. The summed E-state index contributed by atoms with van der Waals surface area (Å²) >= 11 is 0. The molecule has 2 saturated heterocycles. The fourth-order valence-corrected chi connectivity index (χ4v) is 3.95. The van der Waals surface area contributed by atoms with Crippen LogP contribution in [0.3, 0.4) is 0 Å². The second kappa shape index (κ2) is 7.25. The van der Waals surface area contributed by atoms with Crippen molar-refractivity contribution in [1.82, 2.24) is 30.8 Å². The van der Waals surface area contributed by atoms with E-state index in [4.69, 9.17) is 5.10 Å². The van der Waals surface area contributed by atoms with Gasteiger partial charge < -0.3 is 10.6 Å². The molecule has 0 aliphatic carbocycles. The van der Waals surface area contributed by atoms with Crippen LogP contribution in [-0.2, 0) is 6.54 Å². The first kappa shape index (κ1) is 16.7. The molecule has 0 saturated carbocycles. The third-order valence-corrected chi connectivity index (χ3v) is 5.38. The molecule has 1 aromatic heterocycles. The number of hydrogen-bond acceptors (Lipinski definition) is 5. The number of para-hydroxylation sites is 1. The van der Waals surface area contributed by atoms with Crippen LogP contribution in [0.25, 0.3) is 5.69 Å². The van der Waals surface area contributed by atoms with Gasteiger partial charge in [-0.15, -0.1) is 0 Å². The number of benzene rings is 1. The maximum Gasteiger partial charge on any atom is 0.0745 e. The zero-order valence-corrected chi connectivity index (χ0v) is 15.1. The summed E-state index contributed by atoms with van der Waals surface area (Å²) in [5, 5.41) is 14.4. The van der Waals surface area contributed by atoms with Gasteiger partial charge in [0.2, 0.25) is 0 Å². The number of hydrogen-bond donors (Lipinski definition) is 3. The van der Waals surface area contributed by atoms with Crippen molar-refractivity contribution in [1.29, 1.82) is 0 Å². The third kappa shape index (κ3) is 3.48. The van der Waals surface area contributed by atoms with Gasteiger partial charge in [0.1, 0.15) is 0 Å². The van der Waals surface area contributed by atoms with Crippen LogP contribution in [0.1, 0.15) is 23.4 Å². The second-order valence-electron chi connectivity index (χ2n) is 7.17. The van der Waals surface area contributed by atoms with E-state index in [1.54, 1.807) is 0 Å². The van der Waals surface area contributed by atoms with E-state index in [2.05, 4.69) is 59.2 Å². The number of hydrazine groups is 1. The highest BCUT2D eigenvalue weighted by molar-refractivity contribution is 5.36. The van der Waals surface area contributed by atoms with Crippen LogP contribution in [0.4, 0.5) is 0 Å². The van der Waals surface area contributed by atoms with Crippen LogP contribution >= 0.6 is 0 Å². The minimum atomic E-state index is 0.532. The molecule has 0 amide bonds. The minimum absolute atomic E-state index is 0.532. The van der Waals surface area contributed by atoms with Gasteiger partial charge >= 0.3 is 0 Å². The van der Waals surface area contributed by atoms with Crippen molar-refractivity contribution in [3.8, 4) is 5.69 Å². The molecule has 0 bridgehead atoms. The molecule has 2 aliphatic heterocycles. The maximum atomic E-state index is 4.74. The van der Waals surface area contributed by atoms with Crippen LogP contribution in [-0.4, -0.2) is 47.1 Å². The van der Waals surface area contributed by atoms with Gasteiger partial charge in [0, 0.05) is 44.0 Å². The van der Waals surface area contributed by atoms with E-state index in [9.17, 15) is 0 Å². The molecule has 0 spiro atoms. The predicted molar refractivity (Wildman–Crippen MR) is 99.4 cm³/mol. The van der Waals surface area contributed by atoms with E-state index in [-0.39, 0.29) is 0 Å². The Labute approximate surface area is 149 Å². The van der Waals surface area contributed by atoms with Gasteiger partial charge in [0.15, 0.2) is 0 Å². The Balaban J connectivity index is 1.36. The Bertz CT molecular complexity index is 710. The van der Waals surface area contributed by atoms with E-state index in [0.29, 0.717) is 12.1 Å². The Morgan fingerprint density at radius 1 is 1.24 bits per heavy atom. The van der Waals surface area contributed by atoms with Crippen molar-refractivity contribution in [2.75, 3.05) is 26.2 Å². The van der Waals surface area contributed by atoms with Crippen LogP contribution in [0.15, 0.2) is 30.3 Å². The van der Waals surface area contributed by atoms with Crippen LogP contribution in [0.2, 0.25) is 0 Å². The molecule has 25 heavy (non-hydrogen) atoms. The molecule has 1 aromatic carbocycles. The van der Waals surface area contributed by atoms with Gasteiger partial charge in [-0.3, -0.25) is 5.43 Å². The lowest BCUT2D eigenvalue weighted by atomic mass is 10.1. The molecule has 2 unspecified atom stereocenters. The van der Waals surface area contributed by atoms with E-state index < -0.39 is 0 Å². The SMILES string of the molecule is Cc1nn(-c2ccccc2)c(C)c1CNCC1CNC2CCNN2C1. The van der Waals surface area contributed by atoms with E-state index in [1.807, 2.05) is 10.7 Å². The summed E-state index contributed by atoms with van der Waals surface area (Å²) in [6.07, 6.45) is 1.74. The first-order valence-corrected chi connectivity index (χ1v) is 9.27. The lowest BCUT2D eigenvalue weighted by Gasteiger charge is -2.35. The number of rotatable bonds is 5. The zero-order valence-electron chi connectivity index (χ0n) is 15.1. The normalized spacial score (nSPS) is 23.8. The van der Waals surface area contributed by atoms with Crippen LogP contribution < -0.4 is 16.1 Å². The predicted octanol–water partition coefficient (Wildman–Crippen LogP) is 1.33. The summed E-state index contributed by atoms with van der Waals surface area (Å²) in [4.78, 5) is 0. The monoisotopic (exact) mass is 340 g/mol. The Kier molecular flexibility index (Phi) is 4.85. The highest BCUT2D eigenvalue weighted by Crippen LogP contribution is 2.18. The average Bonchev–Trinajstić information content (AvgIpc) is 3.21. The summed E-state index contributed by atoms with van der Waals surface area (Å²) in [5.74, 6) is 0.631. The third-order valence-electron chi connectivity index (χ3n) is 5.38. The number of nitrogens with one attached hydrogen (secondary N) is 3. The fourth-order valence-electron chi connectivity index (χ4n) is 3.95. The van der Waals surface area contributed by atoms with Crippen LogP contribution in [0, 0.1) is 19.8 Å². The van der Waals surface area contributed by atoms with Crippen molar-refractivity contribution in [2.45, 2.75) is 33.0 Å². The lowest BCUT2D eigenvalue weighted by Crippen LogP contribution is -2.56. The molecule has 2 aliphatic rings. The molecule has 2 atom stereocenters. The first-order valence-electron chi connectivity index (χ1n) is 9.27. The summed E-state index contributed by atoms with van der Waals surface area (Å²) < 4.78 is 2.05. The second-order valence-corrected chi connectivity index (χ2v) is 7.17. The highest BCUT2D eigenvalue weighted by Gasteiger charge is 2.30. The van der Waals surface area contributed by atoms with E-state index in [0.717, 1.165) is 44.1 Å². The smallest absolute Gasteiger partial charge is 0.0745 e. The summed E-state index contributed by atoms with van der Waals surface area (Å²) in [6, 6.07) is 10.3. The van der Waals surface area contributed by atoms with Crippen molar-refractivity contribution in [3.05, 3.63) is 47.3 Å². The molecule has 3 N–H and O–H groups in total. The number of nitrogens with zero attached hydrogens (tertiary/aromatic N) is 3. The average molecular weight is 340 g/mol. The molecular formula is C19H28N6. The van der Waals surface area contributed by atoms with Gasteiger partial charge in [0.05, 0.1) is 17.5 Å². The van der Waals surface area contributed by atoms with Crippen molar-refractivity contribution in [2.24, 2.45) is 5.92 Å². The van der Waals surface area contributed by atoms with Gasteiger partial charge in [-0.1, -0.05) is 18.2 Å². The quantitative estimate of drug-likeness (QED) is 0.767. The molecule has 2 aromatic rings. The first-order chi connectivity index (χ1) is 12.2. The summed E-state index contributed by atoms with van der Waals surface area (Å²) in [7, 11) is 0. The lowest BCUT2D eigenvalue weighted by molar-refractivity contribution is 0.0904. The van der Waals surface area contributed by atoms with Gasteiger partial charge in [0.25, 0.3) is 0 Å². The molecular weight excluding hydrogens is 312 g/mol. The Hall–Kier alpha value is -1.73. The number of aromatic nitrogens is 2. The topological polar surface area (TPSA) is 57.2 Å². The van der Waals surface area contributed by atoms with E-state index in [1.165, 1.54) is 17.7 Å². The van der Waals surface area contributed by atoms with E-state index >= 15 is 0 Å². The standard InChI is InChI=1S/C19H28N6/c1-14-18(15(2)25(23-14)17-6-4-3-5-7-17)12-20-10-16-11-21-19-8-9-22-24(19)13-16/h3-7,16,19-22H,8-13H2,1-2H3. The van der Waals surface area contributed by atoms with Crippen molar-refractivity contribution >= 4 is 0 Å². The number of fused-ring (bicyclic) bond motifs is 1. The Morgan fingerprint density at radius 3 is 2.92 bits per heavy atom. The molecule has 3 heterocycles. The Morgan fingerprint density at radius 2 is 2.08 bits per heavy atom. The number of aryl methyl sites for hydroxylation is 1. The molecule has 2 fully saturated rings. The molecule has 6 heteroatoms. The van der Waals surface area contributed by atoms with Gasteiger partial charge in [-0.05, 0) is 38.3 Å². The largest absolute Gasteiger partial charge is 0.312 e. The molecule has 0 radical (unpaired) electrons. The van der Waals surface area contributed by atoms with Gasteiger partial charge in [-0.25, -0.2) is 9.69 Å². The van der Waals surface area contributed by atoms with Gasteiger partial charge in [-0.2, -0.15) is 5.10 Å². The van der Waals surface area contributed by atoms with Crippen molar-refractivity contribution < 1.29 is 0 Å². The minimum Gasteiger partial charge on any atom is -0.312 e. The summed E-state index contributed by atoms with van der Waals surface area (Å²) in [5.41, 5.74) is 8.23. The van der Waals surface area contributed by atoms with Crippen molar-refractivity contribution in [3.63, 3.8) is 0 Å². The molecule has 134 valence electrons. The maximum absolute atomic E-state index is 4.74. The molecule has 4 rings (SSSR count).